The van der Waals surface area contributed by atoms with E-state index in [4.69, 9.17) is 10.7 Å². The summed E-state index contributed by atoms with van der Waals surface area (Å²) < 4.78 is 0. The number of rotatable bonds is 3. The van der Waals surface area contributed by atoms with Crippen LogP contribution in [-0.4, -0.2) is 11.0 Å². The van der Waals surface area contributed by atoms with E-state index >= 15 is 0 Å². The van der Waals surface area contributed by atoms with Gasteiger partial charge in [0.25, 0.3) is 0 Å². The lowest BCUT2D eigenvalue weighted by molar-refractivity contribution is 0.644. The van der Waals surface area contributed by atoms with Gasteiger partial charge >= 0.3 is 0 Å². The maximum Gasteiger partial charge on any atom is 0.0951 e. The van der Waals surface area contributed by atoms with Gasteiger partial charge in [-0.15, -0.1) is 23.1 Å². The predicted molar refractivity (Wildman–Crippen MR) is 79.1 cm³/mol. The van der Waals surface area contributed by atoms with Crippen molar-refractivity contribution in [1.29, 1.82) is 0 Å². The topological polar surface area (TPSA) is 38.9 Å². The molecule has 94 valence electrons. The summed E-state index contributed by atoms with van der Waals surface area (Å²) in [5.41, 5.74) is 8.49. The first-order valence-corrected chi connectivity index (χ1v) is 8.04. The van der Waals surface area contributed by atoms with Gasteiger partial charge in [0.1, 0.15) is 0 Å². The van der Waals surface area contributed by atoms with Crippen LogP contribution in [0.5, 0.6) is 0 Å². The molecule has 1 aliphatic rings. The lowest BCUT2D eigenvalue weighted by Gasteiger charge is -2.13. The van der Waals surface area contributed by atoms with Crippen LogP contribution < -0.4 is 5.73 Å². The normalized spacial score (nSPS) is 15.0. The second-order valence-electron chi connectivity index (χ2n) is 4.54. The van der Waals surface area contributed by atoms with Gasteiger partial charge in [0.15, 0.2) is 0 Å². The minimum absolute atomic E-state index is 0.237. The third kappa shape index (κ3) is 2.20. The van der Waals surface area contributed by atoms with E-state index in [9.17, 15) is 0 Å². The Morgan fingerprint density at radius 3 is 3.06 bits per heavy atom. The zero-order valence-corrected chi connectivity index (χ0v) is 12.0. The van der Waals surface area contributed by atoms with E-state index < -0.39 is 0 Å². The van der Waals surface area contributed by atoms with Crippen LogP contribution in [0.15, 0.2) is 29.2 Å². The molecular formula is C14H16N2S2. The molecule has 0 radical (unpaired) electrons. The van der Waals surface area contributed by atoms with Gasteiger partial charge in [-0.1, -0.05) is 25.1 Å². The van der Waals surface area contributed by atoms with Gasteiger partial charge in [-0.05, 0) is 12.5 Å². The van der Waals surface area contributed by atoms with Crippen molar-refractivity contribution >= 4 is 23.1 Å². The van der Waals surface area contributed by atoms with Crippen LogP contribution in [0.3, 0.4) is 0 Å². The van der Waals surface area contributed by atoms with Crippen molar-refractivity contribution in [1.82, 2.24) is 4.98 Å². The molecule has 1 aromatic heterocycles. The smallest absolute Gasteiger partial charge is 0.0951 e. The number of thioether (sulfide) groups is 1. The molecule has 0 fully saturated rings. The van der Waals surface area contributed by atoms with Crippen LogP contribution in [-0.2, 0) is 12.2 Å². The van der Waals surface area contributed by atoms with E-state index in [2.05, 4.69) is 31.2 Å². The summed E-state index contributed by atoms with van der Waals surface area (Å²) in [5.74, 6) is 1.05. The minimum atomic E-state index is 0.237. The number of benzene rings is 1. The molecule has 2 aromatic rings. The highest BCUT2D eigenvalue weighted by molar-refractivity contribution is 7.98. The molecule has 2 nitrogen and oxygen atoms in total. The Bertz CT molecular complexity index is 563. The molecule has 0 spiro atoms. The van der Waals surface area contributed by atoms with Gasteiger partial charge in [-0.25, -0.2) is 4.98 Å². The molecule has 1 atom stereocenters. The number of hydrogen-bond donors (Lipinski definition) is 1. The van der Waals surface area contributed by atoms with Gasteiger partial charge in [0, 0.05) is 33.6 Å². The number of nitrogens with two attached hydrogens (primary N) is 1. The van der Waals surface area contributed by atoms with Gasteiger partial charge in [-0.2, -0.15) is 0 Å². The maximum atomic E-state index is 6.02. The molecule has 0 amide bonds. The third-order valence-electron chi connectivity index (χ3n) is 3.20. The molecule has 3 rings (SSSR count). The second-order valence-corrected chi connectivity index (χ2v) is 6.72. The number of hydrogen-bond acceptors (Lipinski definition) is 4. The fraction of sp³-hybridized carbons (Fsp3) is 0.357. The Hall–Kier alpha value is -0.840. The quantitative estimate of drug-likeness (QED) is 0.929. The average molecular weight is 276 g/mol. The van der Waals surface area contributed by atoms with E-state index in [0.29, 0.717) is 0 Å². The zero-order valence-electron chi connectivity index (χ0n) is 10.3. The highest BCUT2D eigenvalue weighted by atomic mass is 32.2. The van der Waals surface area contributed by atoms with E-state index in [0.717, 1.165) is 18.6 Å². The molecule has 0 saturated carbocycles. The average Bonchev–Trinajstić information content (AvgIpc) is 2.81. The van der Waals surface area contributed by atoms with E-state index in [-0.39, 0.29) is 6.04 Å². The van der Waals surface area contributed by atoms with Crippen LogP contribution >= 0.6 is 23.1 Å². The van der Waals surface area contributed by atoms with Gasteiger partial charge in [0.2, 0.25) is 0 Å². The SMILES string of the molecule is CCC(N)Cc1nc2c(s1)CSc1ccccc1-2. The Labute approximate surface area is 116 Å². The molecule has 4 heteroatoms. The molecule has 0 aliphatic carbocycles. The Balaban J connectivity index is 1.96. The molecule has 1 aromatic carbocycles. The number of thiazole rings is 1. The molecule has 1 aliphatic heterocycles. The molecular weight excluding hydrogens is 260 g/mol. The Morgan fingerprint density at radius 2 is 2.22 bits per heavy atom. The zero-order chi connectivity index (χ0) is 12.5. The third-order valence-corrected chi connectivity index (χ3v) is 5.56. The minimum Gasteiger partial charge on any atom is -0.327 e. The van der Waals surface area contributed by atoms with Crippen LogP contribution in [0.25, 0.3) is 11.3 Å². The Morgan fingerprint density at radius 1 is 1.39 bits per heavy atom. The molecule has 0 bridgehead atoms. The lowest BCUT2D eigenvalue weighted by Crippen LogP contribution is -2.21. The highest BCUT2D eigenvalue weighted by Gasteiger charge is 2.21. The highest BCUT2D eigenvalue weighted by Crippen LogP contribution is 2.43. The van der Waals surface area contributed by atoms with Crippen molar-refractivity contribution < 1.29 is 0 Å². The lowest BCUT2D eigenvalue weighted by atomic mass is 10.1. The van der Waals surface area contributed by atoms with Crippen LogP contribution in [0.2, 0.25) is 0 Å². The van der Waals surface area contributed by atoms with Crippen molar-refractivity contribution in [2.45, 2.75) is 36.5 Å². The summed E-state index contributed by atoms with van der Waals surface area (Å²) in [6, 6.07) is 8.77. The molecule has 0 saturated heterocycles. The monoisotopic (exact) mass is 276 g/mol. The number of aromatic nitrogens is 1. The molecule has 2 heterocycles. The van der Waals surface area contributed by atoms with Crippen LogP contribution in [0.4, 0.5) is 0 Å². The van der Waals surface area contributed by atoms with E-state index in [1.54, 1.807) is 0 Å². The second kappa shape index (κ2) is 5.03. The number of nitrogens with zero attached hydrogens (tertiary/aromatic N) is 1. The summed E-state index contributed by atoms with van der Waals surface area (Å²) in [5, 5.41) is 1.19. The van der Waals surface area contributed by atoms with E-state index in [1.165, 1.54) is 26.0 Å². The molecule has 1 unspecified atom stereocenters. The first-order valence-electron chi connectivity index (χ1n) is 6.24. The van der Waals surface area contributed by atoms with E-state index in [1.807, 2.05) is 23.1 Å². The first-order chi connectivity index (χ1) is 8.78. The summed E-state index contributed by atoms with van der Waals surface area (Å²) in [6.45, 7) is 2.13. The maximum absolute atomic E-state index is 6.02. The molecule has 18 heavy (non-hydrogen) atoms. The van der Waals surface area contributed by atoms with Crippen molar-refractivity contribution in [3.63, 3.8) is 0 Å². The van der Waals surface area contributed by atoms with Gasteiger partial charge in [0.05, 0.1) is 10.7 Å². The van der Waals surface area contributed by atoms with Crippen molar-refractivity contribution in [2.75, 3.05) is 0 Å². The summed E-state index contributed by atoms with van der Waals surface area (Å²) in [7, 11) is 0. The number of fused-ring (bicyclic) bond motifs is 3. The summed E-state index contributed by atoms with van der Waals surface area (Å²) in [6.07, 6.45) is 1.91. The summed E-state index contributed by atoms with van der Waals surface area (Å²) >= 11 is 3.74. The fourth-order valence-corrected chi connectivity index (χ4v) is 4.40. The Kier molecular flexibility index (Phi) is 3.41. The van der Waals surface area contributed by atoms with Crippen LogP contribution in [0, 0.1) is 0 Å². The summed E-state index contributed by atoms with van der Waals surface area (Å²) in [4.78, 5) is 7.55. The van der Waals surface area contributed by atoms with Gasteiger partial charge in [-0.3, -0.25) is 0 Å². The fourth-order valence-electron chi connectivity index (χ4n) is 2.10. The predicted octanol–water partition coefficient (Wildman–Crippen LogP) is 3.70. The van der Waals surface area contributed by atoms with Crippen molar-refractivity contribution in [3.8, 4) is 11.3 Å². The largest absolute Gasteiger partial charge is 0.327 e. The standard InChI is InChI=1S/C14H16N2S2/c1-2-9(15)7-13-16-14-10-5-3-4-6-11(10)17-8-12(14)18-13/h3-6,9H,2,7-8,15H2,1H3. The van der Waals surface area contributed by atoms with Crippen molar-refractivity contribution in [3.05, 3.63) is 34.2 Å². The van der Waals surface area contributed by atoms with Crippen LogP contribution in [0.1, 0.15) is 23.2 Å². The van der Waals surface area contributed by atoms with Gasteiger partial charge < -0.3 is 5.73 Å². The van der Waals surface area contributed by atoms with Crippen molar-refractivity contribution in [2.24, 2.45) is 5.73 Å². The molecule has 2 N–H and O–H groups in total. The first kappa shape index (κ1) is 12.2.